The Balaban J connectivity index is 1.28. The van der Waals surface area contributed by atoms with Crippen molar-refractivity contribution < 1.29 is 9.47 Å². The summed E-state index contributed by atoms with van der Waals surface area (Å²) in [4.78, 5) is 17.8. The molecule has 5 rings (SSSR count). The minimum Gasteiger partial charge on any atom is -0.378 e. The van der Waals surface area contributed by atoms with E-state index in [2.05, 4.69) is 37.7 Å². The fourth-order valence-corrected chi connectivity index (χ4v) is 6.00. The molecular weight excluding hydrogens is 410 g/mol. The Bertz CT molecular complexity index is 851. The molecule has 0 aliphatic carbocycles. The van der Waals surface area contributed by atoms with Gasteiger partial charge in [-0.1, -0.05) is 0 Å². The predicted octanol–water partition coefficient (Wildman–Crippen LogP) is 2.48. The molecule has 2 atom stereocenters. The Morgan fingerprint density at radius 1 is 1.10 bits per heavy atom. The Hall–Kier alpha value is -1.03. The highest BCUT2D eigenvalue weighted by Gasteiger charge is 2.32. The molecule has 7 nitrogen and oxygen atoms in total. The van der Waals surface area contributed by atoms with Gasteiger partial charge in [0.25, 0.3) is 0 Å². The van der Waals surface area contributed by atoms with E-state index < -0.39 is 0 Å². The number of anilines is 1. The van der Waals surface area contributed by atoms with Crippen LogP contribution in [-0.2, 0) is 16.0 Å². The maximum atomic E-state index is 6.23. The lowest BCUT2D eigenvalue weighted by molar-refractivity contribution is 0.0440. The number of ether oxygens (including phenoxy) is 2. The van der Waals surface area contributed by atoms with Crippen LogP contribution >= 0.6 is 22.9 Å². The highest BCUT2D eigenvalue weighted by Crippen LogP contribution is 2.34. The maximum absolute atomic E-state index is 6.23. The lowest BCUT2D eigenvalue weighted by Crippen LogP contribution is -2.51. The molecule has 0 bridgehead atoms. The first-order valence-electron chi connectivity index (χ1n) is 10.5. The summed E-state index contributed by atoms with van der Waals surface area (Å²) in [6.07, 6.45) is 1.53. The molecule has 29 heavy (non-hydrogen) atoms. The van der Waals surface area contributed by atoms with Crippen LogP contribution in [0, 0.1) is 0 Å². The smallest absolute Gasteiger partial charge is 0.224 e. The van der Waals surface area contributed by atoms with Crippen LogP contribution in [0.4, 0.5) is 5.82 Å². The van der Waals surface area contributed by atoms with E-state index in [-0.39, 0.29) is 0 Å². The molecule has 0 aromatic carbocycles. The van der Waals surface area contributed by atoms with Crippen LogP contribution < -0.4 is 4.90 Å². The number of piperazine rings is 1. The molecular formula is C20H28ClN5O2S. The highest BCUT2D eigenvalue weighted by molar-refractivity contribution is 7.19. The molecule has 9 heteroatoms. The third kappa shape index (κ3) is 4.24. The standard InChI is InChI=1S/C20H28ClN5O2S/c1-14-17(2-9-28-14)25-5-3-24(4-6-25)13-15-12-16-18(29-15)19(23-20(21)22-16)26-7-10-27-11-8-26/h12,14,17H,2-11,13H2,1H3. The van der Waals surface area contributed by atoms with Gasteiger partial charge in [-0.2, -0.15) is 4.98 Å². The van der Waals surface area contributed by atoms with Gasteiger partial charge >= 0.3 is 0 Å². The molecule has 3 aliphatic rings. The van der Waals surface area contributed by atoms with Crippen LogP contribution in [0.3, 0.4) is 0 Å². The quantitative estimate of drug-likeness (QED) is 0.681. The van der Waals surface area contributed by atoms with E-state index >= 15 is 0 Å². The molecule has 3 saturated heterocycles. The summed E-state index contributed by atoms with van der Waals surface area (Å²) in [6.45, 7) is 11.7. The van der Waals surface area contributed by atoms with Crippen molar-refractivity contribution in [3.8, 4) is 0 Å². The SMILES string of the molecule is CC1OCCC1N1CCN(Cc2cc3nc(Cl)nc(N4CCOCC4)c3s2)CC1. The zero-order valence-electron chi connectivity index (χ0n) is 16.8. The number of aromatic nitrogens is 2. The van der Waals surface area contributed by atoms with Gasteiger partial charge in [-0.25, -0.2) is 4.98 Å². The van der Waals surface area contributed by atoms with Gasteiger partial charge < -0.3 is 14.4 Å². The maximum Gasteiger partial charge on any atom is 0.224 e. The van der Waals surface area contributed by atoms with Crippen LogP contribution in [0.1, 0.15) is 18.2 Å². The fourth-order valence-electron chi connectivity index (χ4n) is 4.68. The fraction of sp³-hybridized carbons (Fsp3) is 0.700. The predicted molar refractivity (Wildman–Crippen MR) is 116 cm³/mol. The van der Waals surface area contributed by atoms with E-state index in [4.69, 9.17) is 21.1 Å². The highest BCUT2D eigenvalue weighted by atomic mass is 35.5. The normalized spacial score (nSPS) is 27.2. The molecule has 0 saturated carbocycles. The van der Waals surface area contributed by atoms with Crippen molar-refractivity contribution in [2.75, 3.05) is 64.0 Å². The van der Waals surface area contributed by atoms with Gasteiger partial charge in [0.15, 0.2) is 5.82 Å². The van der Waals surface area contributed by atoms with Crippen LogP contribution in [0.15, 0.2) is 6.07 Å². The molecule has 158 valence electrons. The number of fused-ring (bicyclic) bond motifs is 1. The van der Waals surface area contributed by atoms with Crippen molar-refractivity contribution in [3.05, 3.63) is 16.2 Å². The Labute approximate surface area is 180 Å². The summed E-state index contributed by atoms with van der Waals surface area (Å²) in [5.41, 5.74) is 0.960. The molecule has 2 unspecified atom stereocenters. The number of hydrogen-bond acceptors (Lipinski definition) is 8. The van der Waals surface area contributed by atoms with Crippen molar-refractivity contribution in [1.29, 1.82) is 0 Å². The summed E-state index contributed by atoms with van der Waals surface area (Å²) >= 11 is 8.04. The molecule has 3 fully saturated rings. The first-order valence-corrected chi connectivity index (χ1v) is 11.7. The van der Waals surface area contributed by atoms with Gasteiger partial charge in [-0.05, 0) is 31.0 Å². The topological polar surface area (TPSA) is 54.0 Å². The van der Waals surface area contributed by atoms with E-state index in [9.17, 15) is 0 Å². The zero-order chi connectivity index (χ0) is 19.8. The van der Waals surface area contributed by atoms with Gasteiger partial charge in [0, 0.05) is 63.3 Å². The van der Waals surface area contributed by atoms with E-state index in [0.717, 1.165) is 81.7 Å². The molecule has 0 N–H and O–H groups in total. The molecule has 2 aromatic heterocycles. The summed E-state index contributed by atoms with van der Waals surface area (Å²) < 4.78 is 12.4. The third-order valence-corrected chi connectivity index (χ3v) is 7.55. The summed E-state index contributed by atoms with van der Waals surface area (Å²) in [7, 11) is 0. The average Bonchev–Trinajstić information content (AvgIpc) is 3.34. The van der Waals surface area contributed by atoms with Gasteiger partial charge in [-0.15, -0.1) is 11.3 Å². The van der Waals surface area contributed by atoms with Gasteiger partial charge in [-0.3, -0.25) is 9.80 Å². The molecule has 0 radical (unpaired) electrons. The minimum absolute atomic E-state index is 0.324. The second-order valence-electron chi connectivity index (χ2n) is 8.09. The number of nitrogens with zero attached hydrogens (tertiary/aromatic N) is 5. The number of morpholine rings is 1. The second kappa shape index (κ2) is 8.61. The summed E-state index contributed by atoms with van der Waals surface area (Å²) in [5.74, 6) is 0.958. The van der Waals surface area contributed by atoms with Crippen molar-refractivity contribution in [3.63, 3.8) is 0 Å². The van der Waals surface area contributed by atoms with E-state index in [0.29, 0.717) is 17.4 Å². The van der Waals surface area contributed by atoms with E-state index in [1.54, 1.807) is 11.3 Å². The summed E-state index contributed by atoms with van der Waals surface area (Å²) in [6, 6.07) is 2.78. The first-order chi connectivity index (χ1) is 14.2. The summed E-state index contributed by atoms with van der Waals surface area (Å²) in [5, 5.41) is 0.324. The van der Waals surface area contributed by atoms with Gasteiger partial charge in [0.2, 0.25) is 5.28 Å². The lowest BCUT2D eigenvalue weighted by atomic mass is 10.1. The molecule has 5 heterocycles. The first kappa shape index (κ1) is 19.9. The monoisotopic (exact) mass is 437 g/mol. The van der Waals surface area contributed by atoms with Crippen LogP contribution in [0.2, 0.25) is 5.28 Å². The number of hydrogen-bond donors (Lipinski definition) is 0. The van der Waals surface area contributed by atoms with E-state index in [1.807, 2.05) is 0 Å². The second-order valence-corrected chi connectivity index (χ2v) is 9.56. The van der Waals surface area contributed by atoms with Gasteiger partial charge in [0.05, 0.1) is 29.5 Å². The van der Waals surface area contributed by atoms with Crippen molar-refractivity contribution in [2.45, 2.75) is 32.0 Å². The molecule has 0 spiro atoms. The third-order valence-electron chi connectivity index (χ3n) is 6.28. The van der Waals surface area contributed by atoms with Gasteiger partial charge in [0.1, 0.15) is 0 Å². The Kier molecular flexibility index (Phi) is 5.91. The van der Waals surface area contributed by atoms with Crippen molar-refractivity contribution in [2.24, 2.45) is 0 Å². The largest absolute Gasteiger partial charge is 0.378 e. The Morgan fingerprint density at radius 3 is 2.62 bits per heavy atom. The minimum atomic E-state index is 0.324. The molecule has 2 aromatic rings. The van der Waals surface area contributed by atoms with Crippen molar-refractivity contribution >= 4 is 39.0 Å². The molecule has 0 amide bonds. The van der Waals surface area contributed by atoms with Crippen LogP contribution in [0.25, 0.3) is 10.2 Å². The number of halogens is 1. The Morgan fingerprint density at radius 2 is 1.90 bits per heavy atom. The lowest BCUT2D eigenvalue weighted by Gasteiger charge is -2.38. The number of rotatable bonds is 4. The van der Waals surface area contributed by atoms with Crippen molar-refractivity contribution in [1.82, 2.24) is 19.8 Å². The average molecular weight is 438 g/mol. The number of thiophene rings is 1. The van der Waals surface area contributed by atoms with Crippen LogP contribution in [0.5, 0.6) is 0 Å². The molecule has 3 aliphatic heterocycles. The van der Waals surface area contributed by atoms with E-state index in [1.165, 1.54) is 11.3 Å². The van der Waals surface area contributed by atoms with Crippen LogP contribution in [-0.4, -0.2) is 91.0 Å². The zero-order valence-corrected chi connectivity index (χ0v) is 18.4.